The summed E-state index contributed by atoms with van der Waals surface area (Å²) in [7, 11) is 0. The van der Waals surface area contributed by atoms with Gasteiger partial charge in [0.25, 0.3) is 0 Å². The molecule has 21 heavy (non-hydrogen) atoms. The molecule has 0 spiro atoms. The van der Waals surface area contributed by atoms with Crippen molar-refractivity contribution in [1.29, 1.82) is 0 Å². The van der Waals surface area contributed by atoms with E-state index < -0.39 is 5.97 Å². The molecule has 2 N–H and O–H groups in total. The Morgan fingerprint density at radius 3 is 2.43 bits per heavy atom. The third kappa shape index (κ3) is 12.6. The Balaban J connectivity index is 3.64. The number of unbranched alkanes of at least 4 members (excludes halogenated alkanes) is 3. The summed E-state index contributed by atoms with van der Waals surface area (Å²) >= 11 is 0. The second-order valence-corrected chi connectivity index (χ2v) is 6.29. The monoisotopic (exact) mass is 298 g/mol. The summed E-state index contributed by atoms with van der Waals surface area (Å²) in [6, 6.07) is 0. The molecule has 0 heterocycles. The van der Waals surface area contributed by atoms with Gasteiger partial charge in [-0.15, -0.1) is 0 Å². The van der Waals surface area contributed by atoms with Crippen molar-refractivity contribution in [3.63, 3.8) is 0 Å². The van der Waals surface area contributed by atoms with Gasteiger partial charge in [0.05, 0.1) is 6.10 Å². The van der Waals surface area contributed by atoms with Gasteiger partial charge in [-0.05, 0) is 37.5 Å². The SMILES string of the molecule is CC[C@H](C)CCC/C=C/[C@H](C)[C@H](O)CCCCCC(=O)O. The number of rotatable bonds is 13. The smallest absolute Gasteiger partial charge is 0.303 e. The summed E-state index contributed by atoms with van der Waals surface area (Å²) < 4.78 is 0. The molecule has 0 saturated carbocycles. The van der Waals surface area contributed by atoms with Crippen LogP contribution in [0.15, 0.2) is 12.2 Å². The number of carboxylic acids is 1. The van der Waals surface area contributed by atoms with Crippen LogP contribution in [-0.2, 0) is 4.79 Å². The van der Waals surface area contributed by atoms with Gasteiger partial charge < -0.3 is 10.2 Å². The van der Waals surface area contributed by atoms with Crippen molar-refractivity contribution in [2.45, 2.75) is 84.7 Å². The minimum Gasteiger partial charge on any atom is -0.481 e. The van der Waals surface area contributed by atoms with Crippen molar-refractivity contribution >= 4 is 5.97 Å². The predicted octanol–water partition coefficient (Wildman–Crippen LogP) is 4.79. The van der Waals surface area contributed by atoms with Gasteiger partial charge in [0.1, 0.15) is 0 Å². The molecule has 0 unspecified atom stereocenters. The Hall–Kier alpha value is -0.830. The van der Waals surface area contributed by atoms with Crippen molar-refractivity contribution < 1.29 is 15.0 Å². The summed E-state index contributed by atoms with van der Waals surface area (Å²) in [6.07, 6.45) is 12.4. The van der Waals surface area contributed by atoms with Crippen molar-refractivity contribution in [3.05, 3.63) is 12.2 Å². The van der Waals surface area contributed by atoms with Gasteiger partial charge in [0.15, 0.2) is 0 Å². The molecular formula is C18H34O3. The average molecular weight is 298 g/mol. The fraction of sp³-hybridized carbons (Fsp3) is 0.833. The molecule has 0 bridgehead atoms. The van der Waals surface area contributed by atoms with Crippen LogP contribution in [0.3, 0.4) is 0 Å². The summed E-state index contributed by atoms with van der Waals surface area (Å²) in [4.78, 5) is 10.4. The zero-order valence-electron chi connectivity index (χ0n) is 14.1. The van der Waals surface area contributed by atoms with Crippen molar-refractivity contribution in [1.82, 2.24) is 0 Å². The Bertz CT molecular complexity index is 286. The fourth-order valence-corrected chi connectivity index (χ4v) is 2.30. The first-order chi connectivity index (χ1) is 9.97. The summed E-state index contributed by atoms with van der Waals surface area (Å²) in [6.45, 7) is 6.57. The number of hydrogen-bond acceptors (Lipinski definition) is 2. The van der Waals surface area contributed by atoms with E-state index in [1.807, 2.05) is 6.92 Å². The fourth-order valence-electron chi connectivity index (χ4n) is 2.30. The number of hydrogen-bond donors (Lipinski definition) is 2. The van der Waals surface area contributed by atoms with Gasteiger partial charge in [-0.25, -0.2) is 0 Å². The molecule has 3 atom stereocenters. The van der Waals surface area contributed by atoms with Crippen LogP contribution in [0.5, 0.6) is 0 Å². The van der Waals surface area contributed by atoms with Crippen LogP contribution >= 0.6 is 0 Å². The molecular weight excluding hydrogens is 264 g/mol. The molecule has 0 aromatic heterocycles. The van der Waals surface area contributed by atoms with Gasteiger partial charge >= 0.3 is 5.97 Å². The van der Waals surface area contributed by atoms with Gasteiger partial charge in [0.2, 0.25) is 0 Å². The van der Waals surface area contributed by atoms with Crippen molar-refractivity contribution in [3.8, 4) is 0 Å². The molecule has 0 aliphatic heterocycles. The number of allylic oxidation sites excluding steroid dienone is 1. The van der Waals surface area contributed by atoms with E-state index in [0.717, 1.165) is 31.6 Å². The lowest BCUT2D eigenvalue weighted by molar-refractivity contribution is -0.137. The quantitative estimate of drug-likeness (QED) is 0.379. The molecule has 124 valence electrons. The molecule has 0 rings (SSSR count). The highest BCUT2D eigenvalue weighted by Crippen LogP contribution is 2.15. The third-order valence-corrected chi connectivity index (χ3v) is 4.20. The molecule has 3 heteroatoms. The van der Waals surface area contributed by atoms with E-state index in [1.54, 1.807) is 0 Å². The maximum atomic E-state index is 10.4. The van der Waals surface area contributed by atoms with Gasteiger partial charge in [0, 0.05) is 6.42 Å². The first-order valence-electron chi connectivity index (χ1n) is 8.53. The molecule has 0 aliphatic carbocycles. The number of carboxylic acid groups (broad SMARTS) is 1. The maximum Gasteiger partial charge on any atom is 0.303 e. The molecule has 0 aromatic rings. The van der Waals surface area contributed by atoms with E-state index >= 15 is 0 Å². The number of aliphatic hydroxyl groups is 1. The molecule has 0 radical (unpaired) electrons. The van der Waals surface area contributed by atoms with E-state index in [-0.39, 0.29) is 18.4 Å². The minimum atomic E-state index is -0.732. The topological polar surface area (TPSA) is 57.5 Å². The Labute approximate surface area is 130 Å². The summed E-state index contributed by atoms with van der Waals surface area (Å²) in [5, 5.41) is 18.6. The third-order valence-electron chi connectivity index (χ3n) is 4.20. The van der Waals surface area contributed by atoms with Crippen LogP contribution < -0.4 is 0 Å². The molecule has 0 saturated heterocycles. The Morgan fingerprint density at radius 2 is 1.81 bits per heavy atom. The lowest BCUT2D eigenvalue weighted by Gasteiger charge is -2.15. The van der Waals surface area contributed by atoms with E-state index in [2.05, 4.69) is 26.0 Å². The Kier molecular flexibility index (Phi) is 12.4. The van der Waals surface area contributed by atoms with Crippen molar-refractivity contribution in [2.75, 3.05) is 0 Å². The summed E-state index contributed by atoms with van der Waals surface area (Å²) in [5.41, 5.74) is 0. The van der Waals surface area contributed by atoms with Crippen molar-refractivity contribution in [2.24, 2.45) is 11.8 Å². The lowest BCUT2D eigenvalue weighted by Crippen LogP contribution is -2.15. The zero-order chi connectivity index (χ0) is 16.1. The molecule has 0 fully saturated rings. The molecule has 0 amide bonds. The highest BCUT2D eigenvalue weighted by Gasteiger charge is 2.10. The van der Waals surface area contributed by atoms with Crippen LogP contribution in [0, 0.1) is 11.8 Å². The van der Waals surface area contributed by atoms with E-state index in [1.165, 1.54) is 19.3 Å². The average Bonchev–Trinajstić information content (AvgIpc) is 2.45. The van der Waals surface area contributed by atoms with Crippen LogP contribution in [0.2, 0.25) is 0 Å². The first kappa shape index (κ1) is 20.2. The lowest BCUT2D eigenvalue weighted by atomic mass is 9.97. The highest BCUT2D eigenvalue weighted by atomic mass is 16.4. The highest BCUT2D eigenvalue weighted by molar-refractivity contribution is 5.66. The zero-order valence-corrected chi connectivity index (χ0v) is 14.1. The van der Waals surface area contributed by atoms with Crippen LogP contribution in [0.4, 0.5) is 0 Å². The maximum absolute atomic E-state index is 10.4. The number of carbonyl (C=O) groups is 1. The second-order valence-electron chi connectivity index (χ2n) is 6.29. The van der Waals surface area contributed by atoms with Gasteiger partial charge in [-0.2, -0.15) is 0 Å². The van der Waals surface area contributed by atoms with E-state index in [4.69, 9.17) is 5.11 Å². The van der Waals surface area contributed by atoms with Gasteiger partial charge in [-0.1, -0.05) is 58.6 Å². The standard InChI is InChI=1S/C18H34O3/c1-4-15(2)11-7-5-8-12-16(3)17(19)13-9-6-10-14-18(20)21/h8,12,15-17,19H,4-7,9-11,13-14H2,1-3H3,(H,20,21)/b12-8+/t15-,16-,17+/m0/s1. The van der Waals surface area contributed by atoms with Crippen LogP contribution in [-0.4, -0.2) is 22.3 Å². The largest absolute Gasteiger partial charge is 0.481 e. The van der Waals surface area contributed by atoms with E-state index in [0.29, 0.717) is 6.42 Å². The molecule has 0 aliphatic rings. The molecule has 0 aromatic carbocycles. The van der Waals surface area contributed by atoms with Crippen LogP contribution in [0.1, 0.15) is 78.6 Å². The second kappa shape index (κ2) is 12.9. The number of aliphatic carboxylic acids is 1. The predicted molar refractivity (Wildman–Crippen MR) is 88.3 cm³/mol. The first-order valence-corrected chi connectivity index (χ1v) is 8.53. The van der Waals surface area contributed by atoms with Gasteiger partial charge in [-0.3, -0.25) is 4.79 Å². The normalized spacial score (nSPS) is 16.0. The summed E-state index contributed by atoms with van der Waals surface area (Å²) in [5.74, 6) is 0.268. The minimum absolute atomic E-state index is 0.188. The van der Waals surface area contributed by atoms with E-state index in [9.17, 15) is 9.90 Å². The molecule has 3 nitrogen and oxygen atoms in total. The Morgan fingerprint density at radius 1 is 1.10 bits per heavy atom. The number of aliphatic hydroxyl groups excluding tert-OH is 1. The van der Waals surface area contributed by atoms with Crippen LogP contribution in [0.25, 0.3) is 0 Å².